The summed E-state index contributed by atoms with van der Waals surface area (Å²) >= 11 is 6.41. The number of ether oxygens (including phenoxy) is 1. The lowest BCUT2D eigenvalue weighted by molar-refractivity contribution is 0.0464. The first-order valence-electron chi connectivity index (χ1n) is 8.07. The Morgan fingerprint density at radius 2 is 2.00 bits per heavy atom. The van der Waals surface area contributed by atoms with Gasteiger partial charge in [-0.2, -0.15) is 0 Å². The van der Waals surface area contributed by atoms with E-state index in [1.165, 1.54) is 0 Å². The van der Waals surface area contributed by atoms with Gasteiger partial charge in [-0.15, -0.1) is 0 Å². The molecule has 0 aliphatic rings. The average molecular weight is 359 g/mol. The third-order valence-electron chi connectivity index (χ3n) is 4.10. The highest BCUT2D eigenvalue weighted by Gasteiger charge is 2.24. The van der Waals surface area contributed by atoms with Crippen LogP contribution in [0.4, 0.5) is 0 Å². The molecule has 5 nitrogen and oxygen atoms in total. The molecule has 0 N–H and O–H groups in total. The lowest BCUT2D eigenvalue weighted by Gasteiger charge is -2.11. The summed E-state index contributed by atoms with van der Waals surface area (Å²) in [6.07, 6.45) is 0. The van der Waals surface area contributed by atoms with E-state index in [1.54, 1.807) is 6.92 Å². The number of hydrogen-bond acceptors (Lipinski definition) is 5. The Labute approximate surface area is 150 Å². The second-order valence-electron chi connectivity index (χ2n) is 6.25. The van der Waals surface area contributed by atoms with Gasteiger partial charge in [0, 0.05) is 11.3 Å². The van der Waals surface area contributed by atoms with Gasteiger partial charge in [0.05, 0.1) is 21.9 Å². The molecule has 0 spiro atoms. The van der Waals surface area contributed by atoms with Crippen molar-refractivity contribution in [3.63, 3.8) is 0 Å². The molecule has 2 aromatic heterocycles. The summed E-state index contributed by atoms with van der Waals surface area (Å²) in [6, 6.07) is 7.72. The predicted octanol–water partition coefficient (Wildman–Crippen LogP) is 4.97. The molecule has 0 radical (unpaired) electrons. The Morgan fingerprint density at radius 3 is 2.72 bits per heavy atom. The van der Waals surface area contributed by atoms with E-state index < -0.39 is 5.97 Å². The number of esters is 1. The molecule has 0 aliphatic carbocycles. The van der Waals surface area contributed by atoms with Crippen LogP contribution in [0.3, 0.4) is 0 Å². The summed E-state index contributed by atoms with van der Waals surface area (Å²) in [6.45, 7) is 7.51. The first-order chi connectivity index (χ1) is 11.9. The van der Waals surface area contributed by atoms with Crippen molar-refractivity contribution in [2.45, 2.75) is 40.2 Å². The molecule has 0 fully saturated rings. The van der Waals surface area contributed by atoms with Gasteiger partial charge in [-0.05, 0) is 25.5 Å². The van der Waals surface area contributed by atoms with Crippen LogP contribution in [0.1, 0.15) is 52.8 Å². The molecule has 1 aromatic carbocycles. The Bertz CT molecular complexity index is 947. The minimum Gasteiger partial charge on any atom is -0.455 e. The Kier molecular flexibility index (Phi) is 4.77. The highest BCUT2D eigenvalue weighted by molar-refractivity contribution is 6.32. The molecule has 0 amide bonds. The summed E-state index contributed by atoms with van der Waals surface area (Å²) < 4.78 is 10.7. The second kappa shape index (κ2) is 6.84. The van der Waals surface area contributed by atoms with Gasteiger partial charge in [0.15, 0.2) is 5.76 Å². The van der Waals surface area contributed by atoms with Crippen molar-refractivity contribution in [3.8, 4) is 0 Å². The van der Waals surface area contributed by atoms with Crippen LogP contribution < -0.4 is 0 Å². The average Bonchev–Trinajstić information content (AvgIpc) is 2.98. The van der Waals surface area contributed by atoms with Gasteiger partial charge in [-0.3, -0.25) is 0 Å². The molecule has 6 heteroatoms. The quantitative estimate of drug-likeness (QED) is 0.616. The third-order valence-corrected chi connectivity index (χ3v) is 4.61. The minimum atomic E-state index is -0.480. The topological polar surface area (TPSA) is 65.2 Å². The van der Waals surface area contributed by atoms with Crippen molar-refractivity contribution in [2.24, 2.45) is 0 Å². The van der Waals surface area contributed by atoms with Gasteiger partial charge in [0.25, 0.3) is 0 Å². The van der Waals surface area contributed by atoms with E-state index in [0.29, 0.717) is 27.7 Å². The van der Waals surface area contributed by atoms with Crippen LogP contribution in [0.5, 0.6) is 0 Å². The van der Waals surface area contributed by atoms with Crippen LogP contribution >= 0.6 is 11.6 Å². The van der Waals surface area contributed by atoms with E-state index in [2.05, 4.69) is 10.1 Å². The van der Waals surface area contributed by atoms with Crippen LogP contribution in [-0.2, 0) is 11.3 Å². The molecule has 3 aromatic rings. The van der Waals surface area contributed by atoms with Crippen molar-refractivity contribution in [1.29, 1.82) is 0 Å². The largest absolute Gasteiger partial charge is 0.455 e. The van der Waals surface area contributed by atoms with Crippen molar-refractivity contribution in [2.75, 3.05) is 0 Å². The number of carbonyl (C=O) groups excluding carboxylic acids is 1. The zero-order valence-corrected chi connectivity index (χ0v) is 15.3. The molecule has 0 saturated heterocycles. The van der Waals surface area contributed by atoms with Crippen molar-refractivity contribution >= 4 is 28.5 Å². The maximum absolute atomic E-state index is 12.5. The molecule has 0 atom stereocenters. The number of rotatable bonds is 4. The van der Waals surface area contributed by atoms with Crippen molar-refractivity contribution in [1.82, 2.24) is 10.1 Å². The third kappa shape index (κ3) is 3.24. The monoisotopic (exact) mass is 358 g/mol. The number of para-hydroxylation sites is 1. The molecule has 0 bridgehead atoms. The Balaban J connectivity index is 1.87. The number of carbonyl (C=O) groups is 1. The summed E-state index contributed by atoms with van der Waals surface area (Å²) in [7, 11) is 0. The molecule has 0 unspecified atom stereocenters. The number of aromatic nitrogens is 2. The standard InChI is InChI=1S/C19H19ClN2O3/c1-10(2)18-16(12(4)22-25-18)19(23)24-9-15-17(20)11(3)13-7-5-6-8-14(13)21-15/h5-8,10H,9H2,1-4H3. The van der Waals surface area contributed by atoms with E-state index >= 15 is 0 Å². The van der Waals surface area contributed by atoms with Crippen LogP contribution in [-0.4, -0.2) is 16.1 Å². The van der Waals surface area contributed by atoms with Gasteiger partial charge in [0.1, 0.15) is 12.2 Å². The predicted molar refractivity (Wildman–Crippen MR) is 95.9 cm³/mol. The fourth-order valence-corrected chi connectivity index (χ4v) is 2.95. The molecular formula is C19H19ClN2O3. The summed E-state index contributed by atoms with van der Waals surface area (Å²) in [5.74, 6) is 0.0794. The molecule has 2 heterocycles. The lowest BCUT2D eigenvalue weighted by Crippen LogP contribution is -2.10. The van der Waals surface area contributed by atoms with Crippen molar-refractivity contribution in [3.05, 3.63) is 57.6 Å². The van der Waals surface area contributed by atoms with Gasteiger partial charge in [-0.25, -0.2) is 9.78 Å². The molecule has 130 valence electrons. The number of pyridine rings is 1. The fourth-order valence-electron chi connectivity index (χ4n) is 2.75. The van der Waals surface area contributed by atoms with E-state index in [0.717, 1.165) is 16.5 Å². The number of aryl methyl sites for hydroxylation is 2. The van der Waals surface area contributed by atoms with E-state index in [-0.39, 0.29) is 12.5 Å². The number of halogens is 1. The summed E-state index contributed by atoms with van der Waals surface area (Å²) in [5, 5.41) is 5.37. The highest BCUT2D eigenvalue weighted by atomic mass is 35.5. The molecule has 0 saturated carbocycles. The minimum absolute atomic E-state index is 0.00844. The summed E-state index contributed by atoms with van der Waals surface area (Å²) in [4.78, 5) is 17.0. The van der Waals surface area contributed by atoms with Gasteiger partial charge in [0.2, 0.25) is 0 Å². The van der Waals surface area contributed by atoms with Crippen LogP contribution in [0.25, 0.3) is 10.9 Å². The zero-order valence-electron chi connectivity index (χ0n) is 14.6. The van der Waals surface area contributed by atoms with E-state index in [9.17, 15) is 4.79 Å². The first kappa shape index (κ1) is 17.4. The second-order valence-corrected chi connectivity index (χ2v) is 6.63. The van der Waals surface area contributed by atoms with Crippen molar-refractivity contribution < 1.29 is 14.1 Å². The normalized spacial score (nSPS) is 11.3. The molecular weight excluding hydrogens is 340 g/mol. The van der Waals surface area contributed by atoms with Crippen LogP contribution in [0.2, 0.25) is 5.02 Å². The van der Waals surface area contributed by atoms with Gasteiger partial charge in [-0.1, -0.05) is 48.8 Å². The Hall–Kier alpha value is -2.40. The number of fused-ring (bicyclic) bond motifs is 1. The maximum atomic E-state index is 12.5. The molecule has 3 rings (SSSR count). The van der Waals surface area contributed by atoms with E-state index in [4.69, 9.17) is 20.9 Å². The lowest BCUT2D eigenvalue weighted by atomic mass is 10.1. The van der Waals surface area contributed by atoms with Crippen LogP contribution in [0.15, 0.2) is 28.8 Å². The van der Waals surface area contributed by atoms with Gasteiger partial charge < -0.3 is 9.26 Å². The number of nitrogens with zero attached hydrogens (tertiary/aromatic N) is 2. The maximum Gasteiger partial charge on any atom is 0.344 e. The summed E-state index contributed by atoms with van der Waals surface area (Å²) in [5.41, 5.74) is 3.17. The smallest absolute Gasteiger partial charge is 0.344 e. The highest BCUT2D eigenvalue weighted by Crippen LogP contribution is 2.28. The van der Waals surface area contributed by atoms with Crippen LogP contribution in [0, 0.1) is 13.8 Å². The first-order valence-corrected chi connectivity index (χ1v) is 8.45. The number of hydrogen-bond donors (Lipinski definition) is 0. The fraction of sp³-hybridized carbons (Fsp3) is 0.316. The Morgan fingerprint density at radius 1 is 1.28 bits per heavy atom. The number of benzene rings is 1. The van der Waals surface area contributed by atoms with E-state index in [1.807, 2.05) is 45.0 Å². The molecule has 25 heavy (non-hydrogen) atoms. The SMILES string of the molecule is Cc1noc(C(C)C)c1C(=O)OCc1nc2ccccc2c(C)c1Cl. The zero-order chi connectivity index (χ0) is 18.1. The molecule has 0 aliphatic heterocycles. The van der Waals surface area contributed by atoms with Gasteiger partial charge >= 0.3 is 5.97 Å².